The summed E-state index contributed by atoms with van der Waals surface area (Å²) in [4.78, 5) is 35.3. The Bertz CT molecular complexity index is 978. The van der Waals surface area contributed by atoms with Gasteiger partial charge in [-0.15, -0.1) is 11.3 Å². The topological polar surface area (TPSA) is 116 Å². The largest absolute Gasteiger partial charge is 0.490 e. The van der Waals surface area contributed by atoms with Crippen LogP contribution >= 0.6 is 11.3 Å². The number of amides is 1. The average molecular weight is 518 g/mol. The van der Waals surface area contributed by atoms with Gasteiger partial charge >= 0.3 is 24.3 Å². The zero-order valence-electron chi connectivity index (χ0n) is 17.9. The zero-order valence-corrected chi connectivity index (χ0v) is 18.8. The molecule has 34 heavy (non-hydrogen) atoms. The number of alkyl halides is 6. The number of halogens is 6. The number of aliphatic carboxylic acids is 2. The Hall–Kier alpha value is -3.14. The lowest BCUT2D eigenvalue weighted by Gasteiger charge is -2.15. The molecule has 2 aromatic heterocycles. The maximum absolute atomic E-state index is 12.2. The number of hydrogen-bond acceptors (Lipinski definition) is 6. The SMILES string of the molecule is CN(C)C(=O)c1nn(C)c2c1CN(Cc1cccs1)C2.O=C(O)C(F)(F)F.O=C(O)C(F)(F)F. The van der Waals surface area contributed by atoms with E-state index in [9.17, 15) is 31.1 Å². The predicted octanol–water partition coefficient (Wildman–Crippen LogP) is 2.97. The van der Waals surface area contributed by atoms with Crippen LogP contribution in [0.25, 0.3) is 0 Å². The molecule has 0 unspecified atom stereocenters. The second kappa shape index (κ2) is 11.3. The van der Waals surface area contributed by atoms with Crippen LogP contribution in [0.2, 0.25) is 0 Å². The number of aromatic nitrogens is 2. The van der Waals surface area contributed by atoms with E-state index in [4.69, 9.17) is 19.8 Å². The highest BCUT2D eigenvalue weighted by atomic mass is 32.1. The lowest BCUT2D eigenvalue weighted by molar-refractivity contribution is -0.193. The molecule has 16 heteroatoms. The average Bonchev–Trinajstić information content (AvgIpc) is 3.40. The number of rotatable bonds is 3. The van der Waals surface area contributed by atoms with Crippen molar-refractivity contribution in [2.24, 2.45) is 7.05 Å². The molecule has 1 aliphatic heterocycles. The van der Waals surface area contributed by atoms with Gasteiger partial charge in [0.25, 0.3) is 5.91 Å². The molecule has 0 saturated heterocycles. The molecule has 9 nitrogen and oxygen atoms in total. The standard InChI is InChI=1S/C14H18N4OS.2C2HF3O2/c1-16(2)14(19)13-11-8-18(7-10-5-4-6-20-10)9-12(11)17(3)15-13;2*3-2(4,5)1(6)7/h4-6H,7-9H2,1-3H3;2*(H,6,7). The summed E-state index contributed by atoms with van der Waals surface area (Å²) in [5.41, 5.74) is 2.84. The predicted molar refractivity (Wildman–Crippen MR) is 106 cm³/mol. The van der Waals surface area contributed by atoms with E-state index < -0.39 is 24.3 Å². The van der Waals surface area contributed by atoms with E-state index in [-0.39, 0.29) is 5.91 Å². The van der Waals surface area contributed by atoms with Crippen LogP contribution in [-0.2, 0) is 36.3 Å². The number of aryl methyl sites for hydroxylation is 1. The van der Waals surface area contributed by atoms with Crippen molar-refractivity contribution >= 4 is 29.2 Å². The molecule has 0 spiro atoms. The maximum Gasteiger partial charge on any atom is 0.490 e. The Balaban J connectivity index is 0.000000343. The third-order valence-corrected chi connectivity index (χ3v) is 4.94. The fourth-order valence-corrected chi connectivity index (χ4v) is 3.32. The van der Waals surface area contributed by atoms with Crippen molar-refractivity contribution in [2.75, 3.05) is 14.1 Å². The van der Waals surface area contributed by atoms with Crippen molar-refractivity contribution in [1.82, 2.24) is 19.6 Å². The molecule has 1 amide bonds. The summed E-state index contributed by atoms with van der Waals surface area (Å²) >= 11 is 1.77. The van der Waals surface area contributed by atoms with Gasteiger partial charge in [0.1, 0.15) is 0 Å². The Labute approximate surface area is 192 Å². The van der Waals surface area contributed by atoms with E-state index in [1.54, 1.807) is 30.3 Å². The summed E-state index contributed by atoms with van der Waals surface area (Å²) < 4.78 is 65.3. The molecule has 2 N–H and O–H groups in total. The van der Waals surface area contributed by atoms with E-state index in [1.165, 1.54) is 4.88 Å². The number of carbonyl (C=O) groups is 3. The minimum atomic E-state index is -5.08. The van der Waals surface area contributed by atoms with Crippen LogP contribution in [0.15, 0.2) is 17.5 Å². The smallest absolute Gasteiger partial charge is 0.475 e. The number of hydrogen-bond donors (Lipinski definition) is 2. The molecule has 0 radical (unpaired) electrons. The normalized spacial score (nSPS) is 13.2. The molecule has 3 rings (SSSR count). The van der Waals surface area contributed by atoms with Crippen LogP contribution in [0.4, 0.5) is 26.3 Å². The molecule has 0 bridgehead atoms. The molecule has 2 aromatic rings. The van der Waals surface area contributed by atoms with Gasteiger partial charge in [0.2, 0.25) is 0 Å². The number of fused-ring (bicyclic) bond motifs is 1. The van der Waals surface area contributed by atoms with Gasteiger partial charge in [-0.05, 0) is 11.4 Å². The Morgan fingerprint density at radius 2 is 1.56 bits per heavy atom. The van der Waals surface area contributed by atoms with Crippen LogP contribution in [-0.4, -0.2) is 74.1 Å². The Morgan fingerprint density at radius 3 is 1.94 bits per heavy atom. The first-order chi connectivity index (χ1) is 15.4. The minimum absolute atomic E-state index is 0.0141. The summed E-state index contributed by atoms with van der Waals surface area (Å²) in [7, 11) is 5.45. The first kappa shape index (κ1) is 28.9. The van der Waals surface area contributed by atoms with Crippen LogP contribution in [0.5, 0.6) is 0 Å². The first-order valence-electron chi connectivity index (χ1n) is 9.06. The molecular formula is C18H20F6N4O5S. The van der Waals surface area contributed by atoms with E-state index in [0.717, 1.165) is 30.9 Å². The molecule has 0 fully saturated rings. The van der Waals surface area contributed by atoms with Crippen LogP contribution in [0.3, 0.4) is 0 Å². The fraction of sp³-hybridized carbons (Fsp3) is 0.444. The summed E-state index contributed by atoms with van der Waals surface area (Å²) in [5, 5.41) is 20.7. The number of nitrogens with zero attached hydrogens (tertiary/aromatic N) is 4. The Morgan fingerprint density at radius 1 is 1.06 bits per heavy atom. The molecule has 1 aliphatic rings. The monoisotopic (exact) mass is 518 g/mol. The second-order valence-corrected chi connectivity index (χ2v) is 7.96. The maximum atomic E-state index is 12.2. The van der Waals surface area contributed by atoms with Gasteiger partial charge < -0.3 is 15.1 Å². The highest BCUT2D eigenvalue weighted by molar-refractivity contribution is 7.09. The molecule has 3 heterocycles. The molecule has 0 atom stereocenters. The lowest BCUT2D eigenvalue weighted by atomic mass is 10.2. The van der Waals surface area contributed by atoms with Gasteiger partial charge in [-0.1, -0.05) is 6.07 Å². The van der Waals surface area contributed by atoms with E-state index >= 15 is 0 Å². The summed E-state index contributed by atoms with van der Waals surface area (Å²) in [6.45, 7) is 2.59. The molecule has 0 saturated carbocycles. The molecule has 0 aromatic carbocycles. The van der Waals surface area contributed by atoms with E-state index in [0.29, 0.717) is 5.69 Å². The zero-order chi connectivity index (χ0) is 26.4. The molecular weight excluding hydrogens is 498 g/mol. The first-order valence-corrected chi connectivity index (χ1v) is 9.94. The number of carboxylic acids is 2. The second-order valence-electron chi connectivity index (χ2n) is 6.93. The highest BCUT2D eigenvalue weighted by Gasteiger charge is 2.39. The third kappa shape index (κ3) is 8.33. The summed E-state index contributed by atoms with van der Waals surface area (Å²) in [6, 6.07) is 4.23. The van der Waals surface area contributed by atoms with Gasteiger partial charge in [-0.25, -0.2) is 9.59 Å². The fourth-order valence-electron chi connectivity index (χ4n) is 2.58. The number of thiophene rings is 1. The van der Waals surface area contributed by atoms with Crippen LogP contribution < -0.4 is 0 Å². The van der Waals surface area contributed by atoms with E-state index in [2.05, 4.69) is 27.5 Å². The van der Waals surface area contributed by atoms with Crippen molar-refractivity contribution in [2.45, 2.75) is 32.0 Å². The van der Waals surface area contributed by atoms with Crippen molar-refractivity contribution < 1.29 is 50.9 Å². The van der Waals surface area contributed by atoms with Crippen LogP contribution in [0.1, 0.15) is 26.6 Å². The van der Waals surface area contributed by atoms with Crippen molar-refractivity contribution in [3.8, 4) is 0 Å². The highest BCUT2D eigenvalue weighted by Crippen LogP contribution is 2.28. The van der Waals surface area contributed by atoms with Crippen LogP contribution in [0, 0.1) is 0 Å². The Kier molecular flexibility index (Phi) is 9.62. The van der Waals surface area contributed by atoms with Crippen molar-refractivity contribution in [3.05, 3.63) is 39.3 Å². The van der Waals surface area contributed by atoms with Gasteiger partial charge in [-0.2, -0.15) is 31.4 Å². The van der Waals surface area contributed by atoms with E-state index in [1.807, 2.05) is 11.7 Å². The summed E-state index contributed by atoms with van der Waals surface area (Å²) in [5.74, 6) is -5.53. The minimum Gasteiger partial charge on any atom is -0.475 e. The van der Waals surface area contributed by atoms with Gasteiger partial charge in [0, 0.05) is 51.2 Å². The quantitative estimate of drug-likeness (QED) is 0.601. The van der Waals surface area contributed by atoms with Crippen molar-refractivity contribution in [3.63, 3.8) is 0 Å². The third-order valence-electron chi connectivity index (χ3n) is 4.08. The van der Waals surface area contributed by atoms with Gasteiger partial charge in [0.15, 0.2) is 5.69 Å². The van der Waals surface area contributed by atoms with Gasteiger partial charge in [-0.3, -0.25) is 14.4 Å². The molecule has 190 valence electrons. The van der Waals surface area contributed by atoms with Crippen molar-refractivity contribution in [1.29, 1.82) is 0 Å². The lowest BCUT2D eigenvalue weighted by Crippen LogP contribution is -2.24. The van der Waals surface area contributed by atoms with Gasteiger partial charge in [0.05, 0.1) is 5.69 Å². The number of carboxylic acid groups (broad SMARTS) is 2. The molecule has 0 aliphatic carbocycles. The summed E-state index contributed by atoms with van der Waals surface area (Å²) in [6.07, 6.45) is -10.2. The number of carbonyl (C=O) groups excluding carboxylic acids is 1.